The molecule has 9 heteroatoms. The van der Waals surface area contributed by atoms with Crippen LogP contribution in [0.2, 0.25) is 0 Å². The van der Waals surface area contributed by atoms with Gasteiger partial charge in [0.05, 0.1) is 12.2 Å². The minimum Gasteiger partial charge on any atom is -0.373 e. The molecule has 0 N–H and O–H groups in total. The number of carbonyl (C=O) groups excluding carboxylic acids is 1. The summed E-state index contributed by atoms with van der Waals surface area (Å²) in [6.45, 7) is 7.96. The van der Waals surface area contributed by atoms with Crippen LogP contribution < -0.4 is 0 Å². The van der Waals surface area contributed by atoms with Crippen molar-refractivity contribution in [3.63, 3.8) is 0 Å². The Balaban J connectivity index is 1.52. The van der Waals surface area contributed by atoms with Crippen molar-refractivity contribution in [2.45, 2.75) is 62.7 Å². The van der Waals surface area contributed by atoms with Crippen molar-refractivity contribution in [1.82, 2.24) is 14.1 Å². The number of morpholine rings is 1. The van der Waals surface area contributed by atoms with Crippen molar-refractivity contribution in [3.8, 4) is 0 Å². The molecule has 0 aromatic heterocycles. The summed E-state index contributed by atoms with van der Waals surface area (Å²) in [6, 6.07) is 3.79. The number of amides is 1. The molecule has 1 aromatic carbocycles. The summed E-state index contributed by atoms with van der Waals surface area (Å²) in [5.41, 5.74) is 0.231. The van der Waals surface area contributed by atoms with E-state index in [0.29, 0.717) is 19.6 Å². The van der Waals surface area contributed by atoms with E-state index in [1.165, 1.54) is 16.4 Å². The van der Waals surface area contributed by atoms with Crippen LogP contribution in [0.5, 0.6) is 0 Å². The molecule has 0 bridgehead atoms. The summed E-state index contributed by atoms with van der Waals surface area (Å²) < 4.78 is 47.3. The predicted molar refractivity (Wildman–Crippen MR) is 115 cm³/mol. The fraction of sp³-hybridized carbons (Fsp3) is 0.682. The molecule has 0 saturated carbocycles. The van der Waals surface area contributed by atoms with E-state index in [0.717, 1.165) is 51.4 Å². The van der Waals surface area contributed by atoms with E-state index >= 15 is 0 Å². The number of sulfonamides is 1. The van der Waals surface area contributed by atoms with Gasteiger partial charge in [-0.15, -0.1) is 0 Å². The Labute approximate surface area is 184 Å². The highest BCUT2D eigenvalue weighted by Crippen LogP contribution is 2.27. The molecule has 3 aliphatic heterocycles. The molecule has 3 aliphatic rings. The van der Waals surface area contributed by atoms with Crippen LogP contribution in [0.1, 0.15) is 49.9 Å². The van der Waals surface area contributed by atoms with Crippen molar-refractivity contribution in [2.24, 2.45) is 0 Å². The lowest BCUT2D eigenvalue weighted by Crippen LogP contribution is -2.50. The lowest BCUT2D eigenvalue weighted by atomic mass is 10.1. The van der Waals surface area contributed by atoms with E-state index in [9.17, 15) is 17.6 Å². The maximum absolute atomic E-state index is 14.5. The molecule has 3 fully saturated rings. The number of hydrogen-bond acceptors (Lipinski definition) is 5. The van der Waals surface area contributed by atoms with Crippen LogP contribution in [0.25, 0.3) is 0 Å². The van der Waals surface area contributed by atoms with Crippen LogP contribution in [-0.2, 0) is 14.8 Å². The van der Waals surface area contributed by atoms with Gasteiger partial charge in [0.2, 0.25) is 10.0 Å². The third-order valence-corrected chi connectivity index (χ3v) is 8.38. The predicted octanol–water partition coefficient (Wildman–Crippen LogP) is 2.32. The smallest absolute Gasteiger partial charge is 0.254 e. The molecule has 3 heterocycles. The summed E-state index contributed by atoms with van der Waals surface area (Å²) in [5, 5.41) is 0. The van der Waals surface area contributed by atoms with Crippen LogP contribution in [0.4, 0.5) is 4.39 Å². The summed E-state index contributed by atoms with van der Waals surface area (Å²) in [5.74, 6) is -1.03. The quantitative estimate of drug-likeness (QED) is 0.684. The van der Waals surface area contributed by atoms with E-state index in [4.69, 9.17) is 4.74 Å². The van der Waals surface area contributed by atoms with E-state index in [1.54, 1.807) is 0 Å². The standard InChI is InChI=1S/C22H32FN3O4S/c1-16-13-24(14-17(2)30-16)15-19-6-5-11-26(19)22(27)18-7-8-20(23)21(12-18)31(28,29)25-9-3-4-10-25/h7-8,12,16-17,19H,3-6,9-11,13-15H2,1-2H3. The minimum atomic E-state index is -3.93. The molecular formula is C22H32FN3O4S. The first-order chi connectivity index (χ1) is 14.8. The first kappa shape index (κ1) is 22.6. The zero-order valence-electron chi connectivity index (χ0n) is 18.3. The molecule has 172 valence electrons. The van der Waals surface area contributed by atoms with Crippen LogP contribution in [-0.4, -0.2) is 85.9 Å². The van der Waals surface area contributed by atoms with E-state index in [2.05, 4.69) is 18.7 Å². The molecule has 3 saturated heterocycles. The zero-order valence-corrected chi connectivity index (χ0v) is 19.1. The summed E-state index contributed by atoms with van der Waals surface area (Å²) in [4.78, 5) is 17.1. The Morgan fingerprint density at radius 3 is 2.45 bits per heavy atom. The van der Waals surface area contributed by atoms with Gasteiger partial charge in [-0.1, -0.05) is 0 Å². The molecule has 1 amide bonds. The fourth-order valence-corrected chi connectivity index (χ4v) is 6.70. The largest absolute Gasteiger partial charge is 0.373 e. The summed E-state index contributed by atoms with van der Waals surface area (Å²) in [6.07, 6.45) is 3.67. The number of nitrogens with zero attached hydrogens (tertiary/aromatic N) is 3. The normalized spacial score (nSPS) is 28.4. The second kappa shape index (κ2) is 9.13. The number of halogens is 1. The highest BCUT2D eigenvalue weighted by atomic mass is 32.2. The Bertz CT molecular complexity index is 909. The zero-order chi connectivity index (χ0) is 22.2. The molecule has 1 aromatic rings. The van der Waals surface area contributed by atoms with Crippen LogP contribution in [0.15, 0.2) is 23.1 Å². The number of likely N-dealkylation sites (tertiary alicyclic amines) is 1. The number of hydrogen-bond donors (Lipinski definition) is 0. The van der Waals surface area contributed by atoms with E-state index in [1.807, 2.05) is 4.90 Å². The maximum Gasteiger partial charge on any atom is 0.254 e. The van der Waals surface area contributed by atoms with Crippen molar-refractivity contribution < 1.29 is 22.3 Å². The summed E-state index contributed by atoms with van der Waals surface area (Å²) >= 11 is 0. The van der Waals surface area contributed by atoms with Crippen LogP contribution in [0.3, 0.4) is 0 Å². The van der Waals surface area contributed by atoms with Gasteiger partial charge in [0, 0.05) is 50.9 Å². The average Bonchev–Trinajstić information content (AvgIpc) is 3.39. The first-order valence-corrected chi connectivity index (χ1v) is 12.7. The topological polar surface area (TPSA) is 70.2 Å². The SMILES string of the molecule is CC1CN(CC2CCCN2C(=O)c2ccc(F)c(S(=O)(=O)N3CCCC3)c2)CC(C)O1. The minimum absolute atomic E-state index is 0.0636. The molecule has 31 heavy (non-hydrogen) atoms. The molecule has 3 unspecified atom stereocenters. The number of benzene rings is 1. The first-order valence-electron chi connectivity index (χ1n) is 11.2. The van der Waals surface area contributed by atoms with Gasteiger partial charge in [-0.25, -0.2) is 12.8 Å². The average molecular weight is 454 g/mol. The van der Waals surface area contributed by atoms with Crippen molar-refractivity contribution in [3.05, 3.63) is 29.6 Å². The molecule has 0 aliphatic carbocycles. The second-order valence-corrected chi connectivity index (χ2v) is 10.9. The lowest BCUT2D eigenvalue weighted by Gasteiger charge is -2.38. The van der Waals surface area contributed by atoms with Crippen molar-refractivity contribution in [2.75, 3.05) is 39.3 Å². The summed E-state index contributed by atoms with van der Waals surface area (Å²) in [7, 11) is -3.93. The van der Waals surface area contributed by atoms with Gasteiger partial charge in [-0.2, -0.15) is 4.31 Å². The highest BCUT2D eigenvalue weighted by Gasteiger charge is 2.35. The molecule has 0 spiro atoms. The van der Waals surface area contributed by atoms with Gasteiger partial charge in [0.15, 0.2) is 0 Å². The van der Waals surface area contributed by atoms with Gasteiger partial charge >= 0.3 is 0 Å². The lowest BCUT2D eigenvalue weighted by molar-refractivity contribution is -0.0715. The third kappa shape index (κ3) is 4.79. The second-order valence-electron chi connectivity index (χ2n) is 9.03. The highest BCUT2D eigenvalue weighted by molar-refractivity contribution is 7.89. The van der Waals surface area contributed by atoms with E-state index < -0.39 is 20.7 Å². The number of rotatable bonds is 5. The maximum atomic E-state index is 14.5. The van der Waals surface area contributed by atoms with Gasteiger partial charge in [0.25, 0.3) is 5.91 Å². The Hall–Kier alpha value is -1.55. The van der Waals surface area contributed by atoms with Gasteiger partial charge in [-0.3, -0.25) is 9.69 Å². The van der Waals surface area contributed by atoms with E-state index in [-0.39, 0.29) is 29.7 Å². The number of carbonyl (C=O) groups is 1. The Morgan fingerprint density at radius 1 is 1.10 bits per heavy atom. The van der Waals surface area contributed by atoms with Crippen LogP contribution in [0, 0.1) is 5.82 Å². The monoisotopic (exact) mass is 453 g/mol. The van der Waals surface area contributed by atoms with Gasteiger partial charge in [0.1, 0.15) is 10.7 Å². The Morgan fingerprint density at radius 2 is 1.77 bits per heavy atom. The molecular weight excluding hydrogens is 421 g/mol. The van der Waals surface area contributed by atoms with Crippen LogP contribution >= 0.6 is 0 Å². The molecule has 7 nitrogen and oxygen atoms in total. The third-order valence-electron chi connectivity index (χ3n) is 6.46. The fourth-order valence-electron chi connectivity index (χ4n) is 5.09. The van der Waals surface area contributed by atoms with Crippen molar-refractivity contribution >= 4 is 15.9 Å². The van der Waals surface area contributed by atoms with Crippen molar-refractivity contribution in [1.29, 1.82) is 0 Å². The molecule has 3 atom stereocenters. The molecule has 0 radical (unpaired) electrons. The Kier molecular flexibility index (Phi) is 6.67. The van der Waals surface area contributed by atoms with Gasteiger partial charge < -0.3 is 9.64 Å². The van der Waals surface area contributed by atoms with Gasteiger partial charge in [-0.05, 0) is 57.7 Å². The number of ether oxygens (including phenoxy) is 1. The molecule has 4 rings (SSSR count).